The Balaban J connectivity index is 2.86. The highest BCUT2D eigenvalue weighted by Crippen LogP contribution is 2.23. The van der Waals surface area contributed by atoms with Crippen LogP contribution in [0.1, 0.15) is 24.9 Å². The van der Waals surface area contributed by atoms with Gasteiger partial charge in [-0.15, -0.1) is 0 Å². The molecule has 0 unspecified atom stereocenters. The molecule has 0 aliphatic rings. The lowest BCUT2D eigenvalue weighted by molar-refractivity contribution is -0.387. The number of nitro groups is 1. The lowest BCUT2D eigenvalue weighted by Gasteiger charge is -2.11. The minimum absolute atomic E-state index is 0.114. The van der Waals surface area contributed by atoms with Crippen molar-refractivity contribution in [3.63, 3.8) is 0 Å². The number of halogens is 1. The first-order valence-corrected chi connectivity index (χ1v) is 5.30. The molecule has 0 heterocycles. The molecule has 0 radical (unpaired) electrons. The van der Waals surface area contributed by atoms with Crippen LogP contribution in [-0.4, -0.2) is 17.5 Å². The molecule has 1 aromatic carbocycles. The Morgan fingerprint density at radius 1 is 1.61 bits per heavy atom. The van der Waals surface area contributed by atoms with Crippen LogP contribution < -0.4 is 5.73 Å². The second kappa shape index (κ2) is 6.06. The molecule has 0 aliphatic heterocycles. The Bertz CT molecular complexity index is 464. The van der Waals surface area contributed by atoms with Crippen LogP contribution >= 0.6 is 0 Å². The summed E-state index contributed by atoms with van der Waals surface area (Å²) in [7, 11) is 0. The largest absolute Gasteiger partial charge is 0.466 e. The zero-order valence-corrected chi connectivity index (χ0v) is 9.76. The standard InChI is InChI=1S/C11H13FN2O4/c1-2-18-11(15)6-9(13)7-3-4-8(12)10(5-7)14(16)17/h3-5,9H,2,6,13H2,1H3/t9-/m0/s1. The maximum absolute atomic E-state index is 13.1. The molecule has 18 heavy (non-hydrogen) atoms. The number of hydrogen-bond donors (Lipinski definition) is 1. The topological polar surface area (TPSA) is 95.5 Å². The fourth-order valence-electron chi connectivity index (χ4n) is 1.42. The van der Waals surface area contributed by atoms with Crippen LogP contribution in [0.25, 0.3) is 0 Å². The highest BCUT2D eigenvalue weighted by atomic mass is 19.1. The van der Waals surface area contributed by atoms with Gasteiger partial charge in [-0.25, -0.2) is 0 Å². The molecule has 1 aromatic rings. The zero-order valence-electron chi connectivity index (χ0n) is 9.76. The number of ether oxygens (including phenoxy) is 1. The van der Waals surface area contributed by atoms with Gasteiger partial charge in [0, 0.05) is 12.1 Å². The van der Waals surface area contributed by atoms with Crippen LogP contribution in [0.3, 0.4) is 0 Å². The summed E-state index contributed by atoms with van der Waals surface area (Å²) in [6.45, 7) is 1.89. The van der Waals surface area contributed by atoms with E-state index in [-0.39, 0.29) is 13.0 Å². The van der Waals surface area contributed by atoms with Crippen molar-refractivity contribution in [2.45, 2.75) is 19.4 Å². The van der Waals surface area contributed by atoms with E-state index in [0.717, 1.165) is 12.1 Å². The molecule has 2 N–H and O–H groups in total. The van der Waals surface area contributed by atoms with Crippen LogP contribution in [0.2, 0.25) is 0 Å². The summed E-state index contributed by atoms with van der Waals surface area (Å²) in [6, 6.07) is 2.53. The predicted octanol–water partition coefficient (Wildman–Crippen LogP) is 1.69. The lowest BCUT2D eigenvalue weighted by Crippen LogP contribution is -2.17. The van der Waals surface area contributed by atoms with Gasteiger partial charge >= 0.3 is 11.7 Å². The second-order valence-electron chi connectivity index (χ2n) is 3.58. The SMILES string of the molecule is CCOC(=O)C[C@H](N)c1ccc(F)c([N+](=O)[O-])c1. The molecule has 1 rings (SSSR count). The Kier molecular flexibility index (Phi) is 4.73. The Morgan fingerprint density at radius 2 is 2.28 bits per heavy atom. The van der Waals surface area contributed by atoms with Crippen LogP contribution in [0.15, 0.2) is 18.2 Å². The number of carbonyl (C=O) groups excluding carboxylic acids is 1. The summed E-state index contributed by atoms with van der Waals surface area (Å²) in [5.41, 5.74) is 5.35. The van der Waals surface area contributed by atoms with Gasteiger partial charge in [-0.3, -0.25) is 14.9 Å². The number of nitrogens with two attached hydrogens (primary N) is 1. The molecule has 7 heteroatoms. The molecule has 0 fully saturated rings. The molecule has 0 bridgehead atoms. The first kappa shape index (κ1) is 14.0. The van der Waals surface area contributed by atoms with Crippen LogP contribution in [0, 0.1) is 15.9 Å². The van der Waals surface area contributed by atoms with E-state index in [0.29, 0.717) is 5.56 Å². The van der Waals surface area contributed by atoms with Crippen molar-refractivity contribution in [2.24, 2.45) is 5.73 Å². The fraction of sp³-hybridized carbons (Fsp3) is 0.364. The smallest absolute Gasteiger partial charge is 0.307 e. The number of nitro benzene ring substituents is 1. The van der Waals surface area contributed by atoms with Crippen molar-refractivity contribution < 1.29 is 18.8 Å². The van der Waals surface area contributed by atoms with E-state index in [9.17, 15) is 19.3 Å². The van der Waals surface area contributed by atoms with Gasteiger partial charge < -0.3 is 10.5 Å². The van der Waals surface area contributed by atoms with Gasteiger partial charge in [0.1, 0.15) is 0 Å². The number of rotatable bonds is 5. The van der Waals surface area contributed by atoms with Gasteiger partial charge in [-0.05, 0) is 18.6 Å². The van der Waals surface area contributed by atoms with Crippen LogP contribution in [0.4, 0.5) is 10.1 Å². The van der Waals surface area contributed by atoms with E-state index in [2.05, 4.69) is 0 Å². The summed E-state index contributed by atoms with van der Waals surface area (Å²) in [5, 5.41) is 10.6. The van der Waals surface area contributed by atoms with Gasteiger partial charge in [0.2, 0.25) is 5.82 Å². The second-order valence-corrected chi connectivity index (χ2v) is 3.58. The lowest BCUT2D eigenvalue weighted by atomic mass is 10.0. The first-order chi connectivity index (χ1) is 8.45. The molecule has 0 saturated carbocycles. The molecular weight excluding hydrogens is 243 g/mol. The van der Waals surface area contributed by atoms with Crippen LogP contribution in [0.5, 0.6) is 0 Å². The molecule has 6 nitrogen and oxygen atoms in total. The van der Waals surface area contributed by atoms with E-state index in [1.54, 1.807) is 6.92 Å². The highest BCUT2D eigenvalue weighted by molar-refractivity contribution is 5.70. The van der Waals surface area contributed by atoms with Gasteiger partial charge in [0.15, 0.2) is 0 Å². The van der Waals surface area contributed by atoms with Crippen molar-refractivity contribution in [1.82, 2.24) is 0 Å². The third-order valence-electron chi connectivity index (χ3n) is 2.29. The van der Waals surface area contributed by atoms with E-state index >= 15 is 0 Å². The van der Waals surface area contributed by atoms with Crippen molar-refractivity contribution in [2.75, 3.05) is 6.61 Å². The summed E-state index contributed by atoms with van der Waals surface area (Å²) < 4.78 is 17.8. The fourth-order valence-corrected chi connectivity index (χ4v) is 1.42. The van der Waals surface area contributed by atoms with Gasteiger partial charge in [0.05, 0.1) is 18.0 Å². The molecule has 0 amide bonds. The molecule has 0 aromatic heterocycles. The molecule has 0 saturated heterocycles. The average Bonchev–Trinajstić information content (AvgIpc) is 2.29. The van der Waals surface area contributed by atoms with Gasteiger partial charge in [-0.1, -0.05) is 6.07 Å². The quantitative estimate of drug-likeness (QED) is 0.491. The first-order valence-electron chi connectivity index (χ1n) is 5.30. The summed E-state index contributed by atoms with van der Waals surface area (Å²) in [6.07, 6.45) is -0.114. The minimum Gasteiger partial charge on any atom is -0.466 e. The molecule has 98 valence electrons. The normalized spacial score (nSPS) is 11.9. The summed E-state index contributed by atoms with van der Waals surface area (Å²) in [5.74, 6) is -1.44. The summed E-state index contributed by atoms with van der Waals surface area (Å²) in [4.78, 5) is 20.9. The minimum atomic E-state index is -0.938. The summed E-state index contributed by atoms with van der Waals surface area (Å²) >= 11 is 0. The maximum atomic E-state index is 13.1. The predicted molar refractivity (Wildman–Crippen MR) is 61.2 cm³/mol. The Hall–Kier alpha value is -2.02. The molecule has 0 spiro atoms. The van der Waals surface area contributed by atoms with E-state index in [4.69, 9.17) is 10.5 Å². The maximum Gasteiger partial charge on any atom is 0.307 e. The molecular formula is C11H13FN2O4. The van der Waals surface area contributed by atoms with Crippen molar-refractivity contribution >= 4 is 11.7 Å². The molecule has 0 aliphatic carbocycles. The van der Waals surface area contributed by atoms with E-state index < -0.39 is 28.4 Å². The van der Waals surface area contributed by atoms with E-state index in [1.165, 1.54) is 6.07 Å². The third-order valence-corrected chi connectivity index (χ3v) is 2.29. The number of hydrogen-bond acceptors (Lipinski definition) is 5. The molecule has 1 atom stereocenters. The van der Waals surface area contributed by atoms with Crippen molar-refractivity contribution in [3.8, 4) is 0 Å². The van der Waals surface area contributed by atoms with Gasteiger partial charge in [0.25, 0.3) is 0 Å². The third kappa shape index (κ3) is 3.49. The number of nitrogens with zero attached hydrogens (tertiary/aromatic N) is 1. The van der Waals surface area contributed by atoms with E-state index in [1.807, 2.05) is 0 Å². The van der Waals surface area contributed by atoms with Crippen molar-refractivity contribution in [3.05, 3.63) is 39.7 Å². The number of esters is 1. The van der Waals surface area contributed by atoms with Crippen molar-refractivity contribution in [1.29, 1.82) is 0 Å². The van der Waals surface area contributed by atoms with Gasteiger partial charge in [-0.2, -0.15) is 4.39 Å². The average molecular weight is 256 g/mol. The number of benzene rings is 1. The Morgan fingerprint density at radius 3 is 2.83 bits per heavy atom. The Labute approximate surface area is 103 Å². The monoisotopic (exact) mass is 256 g/mol. The van der Waals surface area contributed by atoms with Crippen LogP contribution in [-0.2, 0) is 9.53 Å². The highest BCUT2D eigenvalue weighted by Gasteiger charge is 2.19. The number of carbonyl (C=O) groups is 1. The zero-order chi connectivity index (χ0) is 13.7.